The molecule has 0 spiro atoms. The first-order valence-electron chi connectivity index (χ1n) is 7.47. The Morgan fingerprint density at radius 2 is 1.67 bits per heavy atom. The second-order valence-electron chi connectivity index (χ2n) is 5.31. The molecule has 2 aromatic rings. The number of carbonyl (C=O) groups is 2. The number of nitrogens with zero attached hydrogens (tertiary/aromatic N) is 1. The van der Waals surface area contributed by atoms with Gasteiger partial charge in [0.2, 0.25) is 5.91 Å². The largest absolute Gasteiger partial charge is 0.350 e. The van der Waals surface area contributed by atoms with Gasteiger partial charge < -0.3 is 10.2 Å². The molecule has 0 aliphatic heterocycles. The number of amides is 2. The Morgan fingerprint density at radius 3 is 2.25 bits per heavy atom. The quantitative estimate of drug-likeness (QED) is 0.868. The molecule has 0 unspecified atom stereocenters. The van der Waals surface area contributed by atoms with Crippen LogP contribution in [0.1, 0.15) is 22.8 Å². The van der Waals surface area contributed by atoms with Crippen molar-refractivity contribution in [2.24, 2.45) is 0 Å². The minimum atomic E-state index is -0.199. The van der Waals surface area contributed by atoms with Crippen molar-refractivity contribution in [1.82, 2.24) is 5.32 Å². The first kappa shape index (κ1) is 18.3. The number of halogens is 2. The maximum atomic E-state index is 12.2. The monoisotopic (exact) mass is 364 g/mol. The Morgan fingerprint density at radius 1 is 1.04 bits per heavy atom. The Balaban J connectivity index is 2.07. The fourth-order valence-corrected chi connectivity index (χ4v) is 2.98. The van der Waals surface area contributed by atoms with Crippen molar-refractivity contribution in [1.29, 1.82) is 0 Å². The van der Waals surface area contributed by atoms with Crippen LogP contribution in [0, 0.1) is 6.92 Å². The molecule has 126 valence electrons. The summed E-state index contributed by atoms with van der Waals surface area (Å²) in [5.41, 5.74) is 1.97. The summed E-state index contributed by atoms with van der Waals surface area (Å²) in [6.07, 6.45) is 0. The zero-order valence-electron chi connectivity index (χ0n) is 13.5. The number of aryl methyl sites for hydroxylation is 1. The zero-order chi connectivity index (χ0) is 17.7. The van der Waals surface area contributed by atoms with Crippen molar-refractivity contribution < 1.29 is 9.59 Å². The molecular weight excluding hydrogens is 347 g/mol. The highest BCUT2D eigenvalue weighted by atomic mass is 35.5. The standard InChI is InChI=1S/C18H18Cl2N2O2/c1-12-6-3-4-7-14(12)18(24)21-10-11-22(13(2)23)17-15(19)8-5-9-16(17)20/h3-9H,10-11H2,1-2H3,(H,21,24). The summed E-state index contributed by atoms with van der Waals surface area (Å²) in [5.74, 6) is -0.378. The average molecular weight is 365 g/mol. The lowest BCUT2D eigenvalue weighted by molar-refractivity contribution is -0.116. The molecule has 0 heterocycles. The van der Waals surface area contributed by atoms with Crippen LogP contribution in [0.2, 0.25) is 10.0 Å². The molecule has 0 fully saturated rings. The van der Waals surface area contributed by atoms with E-state index in [1.807, 2.05) is 25.1 Å². The van der Waals surface area contributed by atoms with Gasteiger partial charge in [-0.1, -0.05) is 47.5 Å². The van der Waals surface area contributed by atoms with Crippen molar-refractivity contribution in [3.8, 4) is 0 Å². The lowest BCUT2D eigenvalue weighted by atomic mass is 10.1. The highest BCUT2D eigenvalue weighted by molar-refractivity contribution is 6.39. The van der Waals surface area contributed by atoms with E-state index >= 15 is 0 Å². The van der Waals surface area contributed by atoms with E-state index in [0.29, 0.717) is 21.3 Å². The molecule has 0 aliphatic carbocycles. The van der Waals surface area contributed by atoms with E-state index < -0.39 is 0 Å². The summed E-state index contributed by atoms with van der Waals surface area (Å²) in [7, 11) is 0. The number of anilines is 1. The van der Waals surface area contributed by atoms with Crippen molar-refractivity contribution in [2.75, 3.05) is 18.0 Å². The summed E-state index contributed by atoms with van der Waals surface area (Å²) in [6, 6.07) is 12.4. The maximum absolute atomic E-state index is 12.2. The summed E-state index contributed by atoms with van der Waals surface area (Å²) >= 11 is 12.3. The molecule has 1 N–H and O–H groups in total. The van der Waals surface area contributed by atoms with E-state index in [1.54, 1.807) is 24.3 Å². The van der Waals surface area contributed by atoms with E-state index in [1.165, 1.54) is 11.8 Å². The van der Waals surface area contributed by atoms with Crippen LogP contribution in [0.15, 0.2) is 42.5 Å². The van der Waals surface area contributed by atoms with E-state index in [2.05, 4.69) is 5.32 Å². The first-order chi connectivity index (χ1) is 11.4. The van der Waals surface area contributed by atoms with Gasteiger partial charge in [0, 0.05) is 25.6 Å². The second kappa shape index (κ2) is 8.18. The Kier molecular flexibility index (Phi) is 6.23. The van der Waals surface area contributed by atoms with Gasteiger partial charge in [0.05, 0.1) is 15.7 Å². The minimum Gasteiger partial charge on any atom is -0.350 e. The zero-order valence-corrected chi connectivity index (χ0v) is 15.0. The van der Waals surface area contributed by atoms with Crippen molar-refractivity contribution in [2.45, 2.75) is 13.8 Å². The highest BCUT2D eigenvalue weighted by Crippen LogP contribution is 2.33. The molecule has 24 heavy (non-hydrogen) atoms. The smallest absolute Gasteiger partial charge is 0.251 e. The molecule has 0 aromatic heterocycles. The number of para-hydroxylation sites is 1. The fourth-order valence-electron chi connectivity index (χ4n) is 2.38. The maximum Gasteiger partial charge on any atom is 0.251 e. The topological polar surface area (TPSA) is 49.4 Å². The van der Waals surface area contributed by atoms with E-state index in [9.17, 15) is 9.59 Å². The van der Waals surface area contributed by atoms with Crippen molar-refractivity contribution >= 4 is 40.7 Å². The van der Waals surface area contributed by atoms with Gasteiger partial charge in [0.15, 0.2) is 0 Å². The molecule has 2 aromatic carbocycles. The van der Waals surface area contributed by atoms with Gasteiger partial charge in [-0.25, -0.2) is 0 Å². The van der Waals surface area contributed by atoms with Crippen molar-refractivity contribution in [3.63, 3.8) is 0 Å². The summed E-state index contributed by atoms with van der Waals surface area (Å²) in [5, 5.41) is 3.60. The van der Waals surface area contributed by atoms with Gasteiger partial charge in [-0.05, 0) is 30.7 Å². The third kappa shape index (κ3) is 4.28. The number of hydrogen-bond acceptors (Lipinski definition) is 2. The number of benzene rings is 2. The van der Waals surface area contributed by atoms with Gasteiger partial charge >= 0.3 is 0 Å². The SMILES string of the molecule is CC(=O)N(CCNC(=O)c1ccccc1C)c1c(Cl)cccc1Cl. The Hall–Kier alpha value is -2.04. The lowest BCUT2D eigenvalue weighted by Crippen LogP contribution is -2.38. The first-order valence-corrected chi connectivity index (χ1v) is 8.23. The van der Waals surface area contributed by atoms with Gasteiger partial charge in [0.1, 0.15) is 0 Å². The molecule has 6 heteroatoms. The molecular formula is C18H18Cl2N2O2. The molecule has 2 amide bonds. The van der Waals surface area contributed by atoms with Crippen LogP contribution in [0.3, 0.4) is 0 Å². The summed E-state index contributed by atoms with van der Waals surface area (Å²) < 4.78 is 0. The number of carbonyl (C=O) groups excluding carboxylic acids is 2. The van der Waals surface area contributed by atoms with Crippen LogP contribution in [0.4, 0.5) is 5.69 Å². The number of rotatable bonds is 5. The fraction of sp³-hybridized carbons (Fsp3) is 0.222. The van der Waals surface area contributed by atoms with E-state index in [0.717, 1.165) is 5.56 Å². The van der Waals surface area contributed by atoms with Crippen molar-refractivity contribution in [3.05, 3.63) is 63.6 Å². The van der Waals surface area contributed by atoms with Crippen LogP contribution < -0.4 is 10.2 Å². The van der Waals surface area contributed by atoms with Gasteiger partial charge in [-0.15, -0.1) is 0 Å². The molecule has 0 radical (unpaired) electrons. The van der Waals surface area contributed by atoms with Crippen LogP contribution >= 0.6 is 23.2 Å². The minimum absolute atomic E-state index is 0.179. The van der Waals surface area contributed by atoms with Crippen LogP contribution in [0.25, 0.3) is 0 Å². The third-order valence-corrected chi connectivity index (χ3v) is 4.21. The molecule has 0 saturated carbocycles. The Labute approximate surface area is 151 Å². The van der Waals surface area contributed by atoms with Gasteiger partial charge in [-0.2, -0.15) is 0 Å². The third-order valence-electron chi connectivity index (χ3n) is 3.60. The predicted octanol–water partition coefficient (Wildman–Crippen LogP) is 4.08. The summed E-state index contributed by atoms with van der Waals surface area (Å²) in [4.78, 5) is 25.6. The lowest BCUT2D eigenvalue weighted by Gasteiger charge is -2.23. The predicted molar refractivity (Wildman–Crippen MR) is 98.0 cm³/mol. The number of nitrogens with one attached hydrogen (secondary N) is 1. The molecule has 0 aliphatic rings. The molecule has 0 saturated heterocycles. The molecule has 0 atom stereocenters. The molecule has 2 rings (SSSR count). The van der Waals surface area contributed by atoms with Crippen LogP contribution in [-0.2, 0) is 4.79 Å². The van der Waals surface area contributed by atoms with Gasteiger partial charge in [-0.3, -0.25) is 9.59 Å². The molecule has 4 nitrogen and oxygen atoms in total. The van der Waals surface area contributed by atoms with Gasteiger partial charge in [0.25, 0.3) is 5.91 Å². The number of hydrogen-bond donors (Lipinski definition) is 1. The Bertz CT molecular complexity index is 742. The van der Waals surface area contributed by atoms with Crippen LogP contribution in [0.5, 0.6) is 0 Å². The molecule has 0 bridgehead atoms. The van der Waals surface area contributed by atoms with Crippen LogP contribution in [-0.4, -0.2) is 24.9 Å². The highest BCUT2D eigenvalue weighted by Gasteiger charge is 2.18. The summed E-state index contributed by atoms with van der Waals surface area (Å²) in [6.45, 7) is 3.87. The average Bonchev–Trinajstić information content (AvgIpc) is 2.53. The van der Waals surface area contributed by atoms with E-state index in [-0.39, 0.29) is 24.9 Å². The second-order valence-corrected chi connectivity index (χ2v) is 6.13. The normalized spacial score (nSPS) is 10.3. The van der Waals surface area contributed by atoms with E-state index in [4.69, 9.17) is 23.2 Å².